The number of hydrogen-bond donors (Lipinski definition) is 0. The number of para-hydroxylation sites is 4. The number of rotatable bonds is 6. The van der Waals surface area contributed by atoms with Crippen molar-refractivity contribution in [3.8, 4) is 51.2 Å². The fourth-order valence-electron chi connectivity index (χ4n) is 9.71. The van der Waals surface area contributed by atoms with Crippen molar-refractivity contribution in [3.63, 3.8) is 0 Å². The molecule has 294 valence electrons. The third-order valence-corrected chi connectivity index (χ3v) is 12.5. The molecule has 13 aromatic rings. The van der Waals surface area contributed by atoms with Crippen LogP contribution < -0.4 is 0 Å². The van der Waals surface area contributed by atoms with Crippen LogP contribution in [0.4, 0.5) is 0 Å². The zero-order valence-corrected chi connectivity index (χ0v) is 34.0. The minimum Gasteiger partial charge on any atom is -0.309 e. The predicted octanol–water partition coefficient (Wildman–Crippen LogP) is 14.2. The van der Waals surface area contributed by atoms with Gasteiger partial charge in [0, 0.05) is 66.1 Å². The Bertz CT molecular complexity index is 3770. The molecule has 6 heteroatoms. The molecule has 0 amide bonds. The van der Waals surface area contributed by atoms with Gasteiger partial charge in [0.2, 0.25) is 0 Å². The zero-order valence-electron chi connectivity index (χ0n) is 34.0. The van der Waals surface area contributed by atoms with E-state index in [1.807, 2.05) is 60.7 Å². The maximum atomic E-state index is 5.04. The molecule has 0 saturated heterocycles. The monoisotopic (exact) mass is 804 g/mol. The molecule has 4 aromatic heterocycles. The Hall–Kier alpha value is -8.61. The highest BCUT2D eigenvalue weighted by Crippen LogP contribution is 2.43. The molecular formula is C57H36N6. The Balaban J connectivity index is 1.07. The second-order valence-electron chi connectivity index (χ2n) is 16.0. The molecule has 0 aliphatic heterocycles. The van der Waals surface area contributed by atoms with Crippen molar-refractivity contribution in [1.29, 1.82) is 0 Å². The van der Waals surface area contributed by atoms with Gasteiger partial charge in [0.1, 0.15) is 0 Å². The van der Waals surface area contributed by atoms with Crippen LogP contribution in [0.2, 0.25) is 0 Å². The van der Waals surface area contributed by atoms with E-state index in [0.717, 1.165) is 44.8 Å². The van der Waals surface area contributed by atoms with Gasteiger partial charge in [0.05, 0.1) is 33.1 Å². The summed E-state index contributed by atoms with van der Waals surface area (Å²) in [6.07, 6.45) is 0. The van der Waals surface area contributed by atoms with Gasteiger partial charge in [-0.15, -0.1) is 0 Å². The van der Waals surface area contributed by atoms with Crippen LogP contribution in [0.1, 0.15) is 0 Å². The van der Waals surface area contributed by atoms with E-state index in [-0.39, 0.29) is 0 Å². The standard InChI is InChI=1S/C57H36N6/c1-4-16-37(17-5-1)55-58-56(38-18-6-2-7-19-38)60-57(59-55)39-28-30-41(31-29-39)63-51-34-32-42(62-48-25-13-10-22-43(48)44-23-11-14-26-49(44)62)36-47(51)45-33-35-52-53(54(45)63)46-24-12-15-27-50(46)61(52)40-20-8-3-9-21-40/h1-36H. The maximum absolute atomic E-state index is 5.04. The largest absolute Gasteiger partial charge is 0.309 e. The van der Waals surface area contributed by atoms with Crippen molar-refractivity contribution in [2.45, 2.75) is 0 Å². The lowest BCUT2D eigenvalue weighted by Gasteiger charge is -2.12. The molecule has 0 atom stereocenters. The number of fused-ring (bicyclic) bond motifs is 10. The molecular weight excluding hydrogens is 769 g/mol. The first-order chi connectivity index (χ1) is 31.3. The number of hydrogen-bond acceptors (Lipinski definition) is 3. The first-order valence-electron chi connectivity index (χ1n) is 21.3. The molecule has 0 saturated carbocycles. The topological polar surface area (TPSA) is 53.5 Å². The number of benzene rings is 9. The van der Waals surface area contributed by atoms with Gasteiger partial charge in [-0.3, -0.25) is 0 Å². The van der Waals surface area contributed by atoms with Crippen LogP contribution >= 0.6 is 0 Å². The third kappa shape index (κ3) is 5.48. The highest BCUT2D eigenvalue weighted by atomic mass is 15.0. The Morgan fingerprint density at radius 1 is 0.254 bits per heavy atom. The molecule has 0 radical (unpaired) electrons. The molecule has 63 heavy (non-hydrogen) atoms. The summed E-state index contributed by atoms with van der Waals surface area (Å²) in [5.74, 6) is 1.91. The predicted molar refractivity (Wildman–Crippen MR) is 259 cm³/mol. The molecule has 0 unspecified atom stereocenters. The normalized spacial score (nSPS) is 11.8. The average Bonchev–Trinajstić information content (AvgIpc) is 4.00. The molecule has 0 aliphatic rings. The van der Waals surface area contributed by atoms with Gasteiger partial charge in [-0.2, -0.15) is 0 Å². The van der Waals surface area contributed by atoms with Crippen molar-refractivity contribution in [3.05, 3.63) is 218 Å². The van der Waals surface area contributed by atoms with Crippen molar-refractivity contribution in [1.82, 2.24) is 28.7 Å². The van der Waals surface area contributed by atoms with E-state index in [1.165, 1.54) is 54.4 Å². The minimum absolute atomic E-state index is 0.626. The molecule has 0 spiro atoms. The number of aromatic nitrogens is 6. The van der Waals surface area contributed by atoms with E-state index in [4.69, 9.17) is 15.0 Å². The fraction of sp³-hybridized carbons (Fsp3) is 0. The zero-order chi connectivity index (χ0) is 41.4. The third-order valence-electron chi connectivity index (χ3n) is 12.5. The maximum Gasteiger partial charge on any atom is 0.164 e. The van der Waals surface area contributed by atoms with Crippen LogP contribution in [0.3, 0.4) is 0 Å². The van der Waals surface area contributed by atoms with Gasteiger partial charge in [0.25, 0.3) is 0 Å². The summed E-state index contributed by atoms with van der Waals surface area (Å²) >= 11 is 0. The van der Waals surface area contributed by atoms with Crippen LogP contribution in [0.5, 0.6) is 0 Å². The quantitative estimate of drug-likeness (QED) is 0.168. The summed E-state index contributed by atoms with van der Waals surface area (Å²) in [6, 6.07) is 77.4. The van der Waals surface area contributed by atoms with Gasteiger partial charge in [-0.05, 0) is 78.9 Å². The SMILES string of the molecule is c1ccc(-c2nc(-c3ccccc3)nc(-c3ccc(-n4c5ccc(-n6c7ccccc7c7ccccc76)cc5c5ccc6c(c7ccccc7n6-c6ccccc6)c54)cc3)n2)cc1. The lowest BCUT2D eigenvalue weighted by molar-refractivity contribution is 1.07. The van der Waals surface area contributed by atoms with Crippen molar-refractivity contribution < 1.29 is 0 Å². The lowest BCUT2D eigenvalue weighted by Crippen LogP contribution is -2.00. The summed E-state index contributed by atoms with van der Waals surface area (Å²) in [5.41, 5.74) is 13.1. The van der Waals surface area contributed by atoms with E-state index >= 15 is 0 Å². The first-order valence-corrected chi connectivity index (χ1v) is 21.3. The average molecular weight is 805 g/mol. The summed E-state index contributed by atoms with van der Waals surface area (Å²) in [5, 5.41) is 7.29. The van der Waals surface area contributed by atoms with E-state index in [9.17, 15) is 0 Å². The molecule has 9 aromatic carbocycles. The molecule has 0 bridgehead atoms. The summed E-state index contributed by atoms with van der Waals surface area (Å²) < 4.78 is 7.25. The van der Waals surface area contributed by atoms with E-state index < -0.39 is 0 Å². The molecule has 0 aliphatic carbocycles. The summed E-state index contributed by atoms with van der Waals surface area (Å²) in [6.45, 7) is 0. The Labute approximate surface area is 362 Å². The molecule has 13 rings (SSSR count). The highest BCUT2D eigenvalue weighted by molar-refractivity contribution is 6.26. The second kappa shape index (κ2) is 14.0. The van der Waals surface area contributed by atoms with Crippen LogP contribution in [-0.4, -0.2) is 28.7 Å². The van der Waals surface area contributed by atoms with Gasteiger partial charge in [0.15, 0.2) is 17.5 Å². The van der Waals surface area contributed by atoms with E-state index in [1.54, 1.807) is 0 Å². The van der Waals surface area contributed by atoms with Gasteiger partial charge < -0.3 is 13.7 Å². The molecule has 6 nitrogen and oxygen atoms in total. The Kier molecular flexibility index (Phi) is 7.80. The Morgan fingerprint density at radius 3 is 1.25 bits per heavy atom. The molecule has 4 heterocycles. The first kappa shape index (κ1) is 35.2. The van der Waals surface area contributed by atoms with Crippen LogP contribution in [-0.2, 0) is 0 Å². The van der Waals surface area contributed by atoms with Crippen molar-refractivity contribution in [2.75, 3.05) is 0 Å². The van der Waals surface area contributed by atoms with Crippen LogP contribution in [0.15, 0.2) is 218 Å². The smallest absolute Gasteiger partial charge is 0.164 e. The highest BCUT2D eigenvalue weighted by Gasteiger charge is 2.22. The summed E-state index contributed by atoms with van der Waals surface area (Å²) in [4.78, 5) is 15.0. The molecule has 0 N–H and O–H groups in total. The number of nitrogens with zero attached hydrogens (tertiary/aromatic N) is 6. The Morgan fingerprint density at radius 2 is 0.667 bits per heavy atom. The molecule has 0 fully saturated rings. The van der Waals surface area contributed by atoms with Crippen LogP contribution in [0.25, 0.3) is 117 Å². The van der Waals surface area contributed by atoms with E-state index in [0.29, 0.717) is 17.5 Å². The van der Waals surface area contributed by atoms with Gasteiger partial charge in [-0.1, -0.05) is 140 Å². The van der Waals surface area contributed by atoms with Crippen LogP contribution in [0, 0.1) is 0 Å². The lowest BCUT2D eigenvalue weighted by atomic mass is 10.1. The van der Waals surface area contributed by atoms with Gasteiger partial charge >= 0.3 is 0 Å². The summed E-state index contributed by atoms with van der Waals surface area (Å²) in [7, 11) is 0. The fourth-order valence-corrected chi connectivity index (χ4v) is 9.71. The van der Waals surface area contributed by atoms with Crippen molar-refractivity contribution >= 4 is 65.4 Å². The van der Waals surface area contributed by atoms with E-state index in [2.05, 4.69) is 171 Å². The van der Waals surface area contributed by atoms with Gasteiger partial charge in [-0.25, -0.2) is 15.0 Å². The van der Waals surface area contributed by atoms with Crippen molar-refractivity contribution in [2.24, 2.45) is 0 Å². The minimum atomic E-state index is 0.626. The second-order valence-corrected chi connectivity index (χ2v) is 16.0.